The Morgan fingerprint density at radius 2 is 2.00 bits per heavy atom. The molecule has 0 amide bonds. The molecule has 0 radical (unpaired) electrons. The molecule has 1 heterocycles. The van der Waals surface area contributed by atoms with Gasteiger partial charge in [-0.3, -0.25) is 4.90 Å². The zero-order valence-electron chi connectivity index (χ0n) is 11.1. The van der Waals surface area contributed by atoms with Crippen molar-refractivity contribution in [3.8, 4) is 0 Å². The minimum Gasteiger partial charge on any atom is -0.465 e. The van der Waals surface area contributed by atoms with E-state index < -0.39 is 0 Å². The largest absolute Gasteiger partial charge is 0.465 e. The van der Waals surface area contributed by atoms with Crippen LogP contribution in [0.4, 0.5) is 0 Å². The number of hydrogen-bond acceptors (Lipinski definition) is 3. The molecular formula is C13H24N2O. The van der Waals surface area contributed by atoms with Gasteiger partial charge in [-0.15, -0.1) is 0 Å². The topological polar surface area (TPSA) is 42.4 Å². The van der Waals surface area contributed by atoms with Gasteiger partial charge in [0.2, 0.25) is 0 Å². The molecular weight excluding hydrogens is 200 g/mol. The van der Waals surface area contributed by atoms with E-state index in [0.29, 0.717) is 12.6 Å². The van der Waals surface area contributed by atoms with Crippen LogP contribution in [0.25, 0.3) is 0 Å². The van der Waals surface area contributed by atoms with E-state index in [1.54, 1.807) is 0 Å². The Bertz CT molecular complexity index is 328. The Balaban J connectivity index is 2.84. The van der Waals surface area contributed by atoms with Crippen LogP contribution in [0.2, 0.25) is 0 Å². The zero-order valence-corrected chi connectivity index (χ0v) is 11.1. The monoisotopic (exact) mass is 224 g/mol. The first-order valence-corrected chi connectivity index (χ1v) is 5.78. The van der Waals surface area contributed by atoms with E-state index in [9.17, 15) is 0 Å². The van der Waals surface area contributed by atoms with Crippen LogP contribution in [-0.2, 0) is 0 Å². The summed E-state index contributed by atoms with van der Waals surface area (Å²) in [5.74, 6) is 2.00. The van der Waals surface area contributed by atoms with Gasteiger partial charge in [0, 0.05) is 0 Å². The van der Waals surface area contributed by atoms with Gasteiger partial charge < -0.3 is 10.2 Å². The molecule has 1 aromatic rings. The number of rotatable bonds is 5. The van der Waals surface area contributed by atoms with Crippen LogP contribution in [-0.4, -0.2) is 25.5 Å². The Morgan fingerprint density at radius 1 is 1.38 bits per heavy atom. The smallest absolute Gasteiger partial charge is 0.121 e. The maximum absolute atomic E-state index is 5.79. The highest BCUT2D eigenvalue weighted by atomic mass is 16.3. The van der Waals surface area contributed by atoms with Gasteiger partial charge in [-0.05, 0) is 51.5 Å². The number of hydrogen-bond donors (Lipinski definition) is 1. The number of nitrogens with two attached hydrogens (primary N) is 1. The van der Waals surface area contributed by atoms with Gasteiger partial charge >= 0.3 is 0 Å². The quantitative estimate of drug-likeness (QED) is 0.836. The molecule has 1 aromatic heterocycles. The van der Waals surface area contributed by atoms with E-state index in [1.807, 2.05) is 13.0 Å². The first-order chi connectivity index (χ1) is 7.35. The maximum Gasteiger partial charge on any atom is 0.121 e. The van der Waals surface area contributed by atoms with E-state index in [2.05, 4.69) is 38.9 Å². The molecule has 1 unspecified atom stereocenters. The lowest BCUT2D eigenvalue weighted by atomic mass is 9.85. The summed E-state index contributed by atoms with van der Waals surface area (Å²) in [6, 6.07) is 4.38. The Hall–Kier alpha value is -0.800. The summed E-state index contributed by atoms with van der Waals surface area (Å²) in [5, 5.41) is 0. The van der Waals surface area contributed by atoms with Crippen molar-refractivity contribution >= 4 is 0 Å². The summed E-state index contributed by atoms with van der Waals surface area (Å²) in [7, 11) is 4.16. The Labute approximate surface area is 98.6 Å². The molecule has 0 aliphatic heterocycles. The van der Waals surface area contributed by atoms with E-state index in [4.69, 9.17) is 10.2 Å². The van der Waals surface area contributed by atoms with Crippen LogP contribution in [0.5, 0.6) is 0 Å². The molecule has 0 saturated heterocycles. The van der Waals surface area contributed by atoms with Crippen molar-refractivity contribution in [3.63, 3.8) is 0 Å². The number of nitrogens with zero attached hydrogens (tertiary/aromatic N) is 1. The summed E-state index contributed by atoms with van der Waals surface area (Å²) in [5.41, 5.74) is 5.92. The molecule has 92 valence electrons. The van der Waals surface area contributed by atoms with Gasteiger partial charge in [0.25, 0.3) is 0 Å². The van der Waals surface area contributed by atoms with E-state index in [0.717, 1.165) is 17.9 Å². The van der Waals surface area contributed by atoms with E-state index in [1.165, 1.54) is 0 Å². The Morgan fingerprint density at radius 3 is 2.38 bits per heavy atom. The summed E-state index contributed by atoms with van der Waals surface area (Å²) in [4.78, 5) is 2.19. The predicted octanol–water partition coefficient (Wildman–Crippen LogP) is 2.57. The normalized spacial score (nSPS) is 14.4. The van der Waals surface area contributed by atoms with Gasteiger partial charge in [-0.2, -0.15) is 0 Å². The van der Waals surface area contributed by atoms with Crippen LogP contribution in [0.3, 0.4) is 0 Å². The standard InChI is InChI=1S/C13H24N2O/c1-10-6-7-12(16-10)11(15(4)5)8-13(2,3)9-14/h6-7,11H,8-9,14H2,1-5H3. The van der Waals surface area contributed by atoms with Crippen molar-refractivity contribution in [2.24, 2.45) is 11.1 Å². The molecule has 1 rings (SSSR count). The molecule has 0 aliphatic rings. The van der Waals surface area contributed by atoms with Gasteiger partial charge in [-0.1, -0.05) is 13.8 Å². The second kappa shape index (κ2) is 5.02. The maximum atomic E-state index is 5.79. The number of furan rings is 1. The highest BCUT2D eigenvalue weighted by Crippen LogP contribution is 2.32. The highest BCUT2D eigenvalue weighted by molar-refractivity contribution is 5.10. The minimum absolute atomic E-state index is 0.135. The third-order valence-corrected chi connectivity index (χ3v) is 3.01. The Kier molecular flexibility index (Phi) is 4.16. The van der Waals surface area contributed by atoms with Gasteiger partial charge in [-0.25, -0.2) is 0 Å². The third-order valence-electron chi connectivity index (χ3n) is 3.01. The van der Waals surface area contributed by atoms with Crippen molar-refractivity contribution in [2.45, 2.75) is 33.2 Å². The fourth-order valence-electron chi connectivity index (χ4n) is 1.78. The van der Waals surface area contributed by atoms with Gasteiger partial charge in [0.15, 0.2) is 0 Å². The lowest BCUT2D eigenvalue weighted by Crippen LogP contribution is -2.30. The first-order valence-electron chi connectivity index (χ1n) is 5.78. The lowest BCUT2D eigenvalue weighted by molar-refractivity contribution is 0.178. The molecule has 3 nitrogen and oxygen atoms in total. The molecule has 0 bridgehead atoms. The molecule has 3 heteroatoms. The average Bonchev–Trinajstić information content (AvgIpc) is 2.61. The fourth-order valence-corrected chi connectivity index (χ4v) is 1.78. The first kappa shape index (κ1) is 13.3. The molecule has 0 aromatic carbocycles. The lowest BCUT2D eigenvalue weighted by Gasteiger charge is -2.31. The molecule has 16 heavy (non-hydrogen) atoms. The minimum atomic E-state index is 0.135. The van der Waals surface area contributed by atoms with Crippen molar-refractivity contribution in [1.29, 1.82) is 0 Å². The zero-order chi connectivity index (χ0) is 12.3. The summed E-state index contributed by atoms with van der Waals surface area (Å²) in [6.45, 7) is 7.06. The molecule has 1 atom stereocenters. The SMILES string of the molecule is Cc1ccc(C(CC(C)(C)CN)N(C)C)o1. The average molecular weight is 224 g/mol. The molecule has 0 fully saturated rings. The van der Waals surface area contributed by atoms with E-state index >= 15 is 0 Å². The molecule has 0 spiro atoms. The fraction of sp³-hybridized carbons (Fsp3) is 0.692. The van der Waals surface area contributed by atoms with Crippen LogP contribution >= 0.6 is 0 Å². The van der Waals surface area contributed by atoms with Crippen molar-refractivity contribution in [3.05, 3.63) is 23.7 Å². The second-order valence-corrected chi connectivity index (χ2v) is 5.50. The van der Waals surface area contributed by atoms with Gasteiger partial charge in [0.1, 0.15) is 11.5 Å². The van der Waals surface area contributed by atoms with Crippen LogP contribution in [0.1, 0.15) is 37.8 Å². The molecule has 2 N–H and O–H groups in total. The van der Waals surface area contributed by atoms with Gasteiger partial charge in [0.05, 0.1) is 6.04 Å². The second-order valence-electron chi connectivity index (χ2n) is 5.50. The molecule has 0 aliphatic carbocycles. The van der Waals surface area contributed by atoms with Crippen LogP contribution in [0.15, 0.2) is 16.5 Å². The van der Waals surface area contributed by atoms with E-state index in [-0.39, 0.29) is 5.41 Å². The summed E-state index contributed by atoms with van der Waals surface area (Å²) >= 11 is 0. The van der Waals surface area contributed by atoms with Crippen molar-refractivity contribution in [1.82, 2.24) is 4.90 Å². The van der Waals surface area contributed by atoms with Crippen LogP contribution < -0.4 is 5.73 Å². The molecule has 0 saturated carbocycles. The van der Waals surface area contributed by atoms with Crippen molar-refractivity contribution < 1.29 is 4.42 Å². The summed E-state index contributed by atoms with van der Waals surface area (Å²) < 4.78 is 5.71. The predicted molar refractivity (Wildman–Crippen MR) is 67.3 cm³/mol. The van der Waals surface area contributed by atoms with Crippen LogP contribution in [0, 0.1) is 12.3 Å². The summed E-state index contributed by atoms with van der Waals surface area (Å²) in [6.07, 6.45) is 1.00. The third kappa shape index (κ3) is 3.35. The van der Waals surface area contributed by atoms with Crippen molar-refractivity contribution in [2.75, 3.05) is 20.6 Å². The highest BCUT2D eigenvalue weighted by Gasteiger charge is 2.26. The number of aryl methyl sites for hydroxylation is 1.